The Morgan fingerprint density at radius 2 is 1.00 bits per heavy atom. The second kappa shape index (κ2) is 20.6. The van der Waals surface area contributed by atoms with E-state index in [4.69, 9.17) is 12.6 Å². The van der Waals surface area contributed by atoms with Crippen molar-refractivity contribution in [1.29, 1.82) is 0 Å². The van der Waals surface area contributed by atoms with Crippen molar-refractivity contribution in [3.8, 4) is 0 Å². The SMILES string of the molecule is CC(=N[O-])C(C)=N[O-].CC(=N[O-])C(C)=N[O-].CC(C)(C)c1ccc([S-])cc1.[Co].c1ccncc1. The van der Waals surface area contributed by atoms with Crippen LogP contribution >= 0.6 is 0 Å². The molecule has 2 rings (SSSR count). The normalized spacial score (nSPS) is 11.9. The third kappa shape index (κ3) is 18.5. The van der Waals surface area contributed by atoms with Gasteiger partial charge in [-0.1, -0.05) is 51.1 Å². The Bertz CT molecular complexity index is 807. The molecule has 0 bridgehead atoms. The van der Waals surface area contributed by atoms with E-state index in [1.165, 1.54) is 33.3 Å². The number of benzene rings is 1. The molecule has 1 radical (unpaired) electrons. The van der Waals surface area contributed by atoms with Gasteiger partial charge in [0.25, 0.3) is 0 Å². The number of nitrogens with zero attached hydrogens (tertiary/aromatic N) is 5. The first-order valence-corrected chi connectivity index (χ1v) is 10.2. The van der Waals surface area contributed by atoms with Crippen LogP contribution in [0.2, 0.25) is 0 Å². The molecule has 0 fully saturated rings. The van der Waals surface area contributed by atoms with Gasteiger partial charge >= 0.3 is 0 Å². The van der Waals surface area contributed by atoms with E-state index < -0.39 is 0 Å². The fraction of sp³-hybridized carbons (Fsp3) is 0.348. The fourth-order valence-electron chi connectivity index (χ4n) is 1.53. The smallest absolute Gasteiger partial charge is 0.0465 e. The van der Waals surface area contributed by atoms with Crippen LogP contribution in [0, 0.1) is 20.8 Å². The molecule has 1 aromatic heterocycles. The Balaban J connectivity index is -0.000000382. The first-order valence-electron chi connectivity index (χ1n) is 9.75. The van der Waals surface area contributed by atoms with Crippen molar-refractivity contribution in [2.24, 2.45) is 20.6 Å². The summed E-state index contributed by atoms with van der Waals surface area (Å²) in [5, 5.41) is 48.4. The van der Waals surface area contributed by atoms with Gasteiger partial charge < -0.3 is 54.1 Å². The average molecular weight is 532 g/mol. The summed E-state index contributed by atoms with van der Waals surface area (Å²) < 4.78 is 0. The van der Waals surface area contributed by atoms with Gasteiger partial charge in [0.1, 0.15) is 0 Å². The van der Waals surface area contributed by atoms with E-state index in [1.54, 1.807) is 12.4 Å². The average Bonchev–Trinajstić information content (AvgIpc) is 2.83. The molecule has 9 nitrogen and oxygen atoms in total. The van der Waals surface area contributed by atoms with Crippen molar-refractivity contribution in [3.05, 3.63) is 81.3 Å². The van der Waals surface area contributed by atoms with E-state index in [1.807, 2.05) is 30.3 Å². The molecule has 34 heavy (non-hydrogen) atoms. The summed E-state index contributed by atoms with van der Waals surface area (Å²) in [6.45, 7) is 12.3. The first-order chi connectivity index (χ1) is 15.4. The van der Waals surface area contributed by atoms with Gasteiger partial charge in [0.2, 0.25) is 0 Å². The summed E-state index contributed by atoms with van der Waals surface area (Å²) in [6, 6.07) is 13.9. The molecule has 0 spiro atoms. The van der Waals surface area contributed by atoms with Gasteiger partial charge in [-0.3, -0.25) is 4.98 Å². The maximum absolute atomic E-state index is 9.60. The molecule has 0 unspecified atom stereocenters. The summed E-state index contributed by atoms with van der Waals surface area (Å²) in [7, 11) is 0. The predicted octanol–water partition coefficient (Wildman–Crippen LogP) is 5.78. The predicted molar refractivity (Wildman–Crippen MR) is 141 cm³/mol. The second-order valence-corrected chi connectivity index (χ2v) is 7.98. The molecule has 11 heteroatoms. The van der Waals surface area contributed by atoms with Crippen molar-refractivity contribution in [2.75, 3.05) is 0 Å². The Kier molecular flexibility index (Phi) is 21.5. The van der Waals surface area contributed by atoms with Gasteiger partial charge in [0.15, 0.2) is 0 Å². The summed E-state index contributed by atoms with van der Waals surface area (Å²) in [6.07, 6.45) is 3.50. The third-order valence-electron chi connectivity index (χ3n) is 3.88. The van der Waals surface area contributed by atoms with Crippen LogP contribution in [-0.2, 0) is 34.8 Å². The molecule has 0 N–H and O–H groups in total. The van der Waals surface area contributed by atoms with E-state index in [2.05, 4.69) is 58.5 Å². The van der Waals surface area contributed by atoms with Gasteiger partial charge in [-0.05, 0) is 50.8 Å². The van der Waals surface area contributed by atoms with Gasteiger partial charge in [0.05, 0.1) is 0 Å². The maximum atomic E-state index is 9.60. The van der Waals surface area contributed by atoms with E-state index in [-0.39, 0.29) is 45.0 Å². The Labute approximate surface area is 217 Å². The molecule has 0 saturated heterocycles. The summed E-state index contributed by atoms with van der Waals surface area (Å²) in [5.74, 6) is 0. The number of hydrogen-bond donors (Lipinski definition) is 0. The van der Waals surface area contributed by atoms with Crippen molar-refractivity contribution in [2.45, 2.75) is 58.8 Å². The Hall–Kier alpha value is -3.02. The van der Waals surface area contributed by atoms with Crippen LogP contribution in [0.3, 0.4) is 0 Å². The van der Waals surface area contributed by atoms with E-state index in [0.29, 0.717) is 0 Å². The molecule has 0 aliphatic rings. The molecule has 0 amide bonds. The fourth-order valence-corrected chi connectivity index (χ4v) is 1.67. The number of aromatic nitrogens is 1. The maximum Gasteiger partial charge on any atom is 0.0465 e. The molecule has 2 aromatic rings. The second-order valence-electron chi connectivity index (χ2n) is 7.51. The molecule has 1 heterocycles. The molecule has 0 aliphatic carbocycles. The third-order valence-corrected chi connectivity index (χ3v) is 4.15. The zero-order valence-corrected chi connectivity index (χ0v) is 22.2. The summed E-state index contributed by atoms with van der Waals surface area (Å²) in [5.41, 5.74) is 2.13. The monoisotopic (exact) mass is 531 g/mol. The quantitative estimate of drug-likeness (QED) is 0.272. The van der Waals surface area contributed by atoms with Gasteiger partial charge in [-0.25, -0.2) is 0 Å². The Morgan fingerprint density at radius 3 is 1.18 bits per heavy atom. The van der Waals surface area contributed by atoms with Crippen LogP contribution in [0.1, 0.15) is 54.0 Å². The minimum atomic E-state index is 0. The van der Waals surface area contributed by atoms with Gasteiger partial charge in [-0.2, -0.15) is 4.90 Å². The van der Waals surface area contributed by atoms with E-state index in [0.717, 1.165) is 4.90 Å². The van der Waals surface area contributed by atoms with Crippen LogP contribution in [0.25, 0.3) is 0 Å². The molecule has 0 saturated carbocycles. The van der Waals surface area contributed by atoms with Crippen LogP contribution in [-0.4, -0.2) is 27.8 Å². The van der Waals surface area contributed by atoms with Crippen LogP contribution in [0.4, 0.5) is 0 Å². The minimum absolute atomic E-state index is 0. The summed E-state index contributed by atoms with van der Waals surface area (Å²) >= 11 is 4.99. The molecule has 191 valence electrons. The number of pyridine rings is 1. The first kappa shape index (κ1) is 35.6. The van der Waals surface area contributed by atoms with Crippen molar-refractivity contribution >= 4 is 35.5 Å². The zero-order valence-electron chi connectivity index (χ0n) is 20.3. The topological polar surface area (TPSA) is 155 Å². The molecular formula is C23H30CoN5O4S-5. The van der Waals surface area contributed by atoms with Crippen molar-refractivity contribution in [3.63, 3.8) is 0 Å². The van der Waals surface area contributed by atoms with E-state index in [9.17, 15) is 20.8 Å². The standard InChI is InChI=1S/C10H14S.C5H5N.2C4H8N2O2.Co/c1-10(2,3)8-4-6-9(11)7-5-8;1-2-4-6-5-3-1;2*1-3(5-7)4(2)6-8;/h4-7,11H,1-3H3;1-5H;2*7-8H,1-2H3;/p-5. The van der Waals surface area contributed by atoms with Crippen molar-refractivity contribution in [1.82, 2.24) is 4.98 Å². The van der Waals surface area contributed by atoms with Crippen LogP contribution in [0.5, 0.6) is 0 Å². The van der Waals surface area contributed by atoms with Gasteiger partial charge in [0, 0.05) is 52.0 Å². The van der Waals surface area contributed by atoms with Crippen LogP contribution < -0.4 is 0 Å². The van der Waals surface area contributed by atoms with Crippen LogP contribution in [0.15, 0.2) is 80.4 Å². The summed E-state index contributed by atoms with van der Waals surface area (Å²) in [4.78, 5) is 4.70. The molecular weight excluding hydrogens is 501 g/mol. The molecule has 0 atom stereocenters. The number of rotatable bonds is 2. The Morgan fingerprint density at radius 1 is 0.676 bits per heavy atom. The number of hydrogen-bond acceptors (Lipinski definition) is 10. The largest absolute Gasteiger partial charge is 0.792 e. The zero-order chi connectivity index (χ0) is 25.9. The van der Waals surface area contributed by atoms with E-state index >= 15 is 0 Å². The van der Waals surface area contributed by atoms with Crippen molar-refractivity contribution < 1.29 is 16.8 Å². The minimum Gasteiger partial charge on any atom is -0.792 e. The molecule has 0 aliphatic heterocycles. The van der Waals surface area contributed by atoms with Gasteiger partial charge in [-0.15, -0.1) is 0 Å². The molecule has 1 aromatic carbocycles.